The number of carbonyl (C=O) groups is 1. The Bertz CT molecular complexity index is 82.9. The zero-order valence-corrected chi connectivity index (χ0v) is 7.88. The monoisotopic (exact) mass is 254 g/mol. The summed E-state index contributed by atoms with van der Waals surface area (Å²) < 4.78 is 0. The molecule has 0 amide bonds. The predicted octanol–water partition coefficient (Wildman–Crippen LogP) is 1.12. The zero-order valence-electron chi connectivity index (χ0n) is 5.26. The Hall–Kier alpha value is 0.808. The van der Waals surface area contributed by atoms with Crippen molar-refractivity contribution in [1.82, 2.24) is 0 Å². The summed E-state index contributed by atoms with van der Waals surface area (Å²) in [6, 6.07) is 0. The minimum Gasteiger partial charge on any atom is -0.481 e. The number of carboxylic acid groups (broad SMARTS) is 1. The van der Waals surface area contributed by atoms with Gasteiger partial charge in [0.15, 0.2) is 0 Å². The quantitative estimate of drug-likeness (QED) is 0.701. The predicted molar refractivity (Wildman–Crippen MR) is 27.1 cm³/mol. The van der Waals surface area contributed by atoms with E-state index in [4.69, 9.17) is 5.11 Å². The van der Waals surface area contributed by atoms with Crippen LogP contribution < -0.4 is 0 Å². The molecule has 1 N–H and O–H groups in total. The van der Waals surface area contributed by atoms with Gasteiger partial charge < -0.3 is 5.11 Å². The van der Waals surface area contributed by atoms with Crippen LogP contribution in [0.25, 0.3) is 0 Å². The Morgan fingerprint density at radius 1 is 1.38 bits per heavy atom. The summed E-state index contributed by atoms with van der Waals surface area (Å²) in [4.78, 5) is 10.0. The van der Waals surface area contributed by atoms with Crippen molar-refractivity contribution in [3.05, 3.63) is 0 Å². The maximum Gasteiger partial charge on any atom is 0.308 e. The van der Waals surface area contributed by atoms with Gasteiger partial charge in [0.1, 0.15) is 0 Å². The summed E-state index contributed by atoms with van der Waals surface area (Å²) in [5, 5.41) is 8.25. The van der Waals surface area contributed by atoms with E-state index in [1.54, 1.807) is 20.8 Å². The van der Waals surface area contributed by atoms with Crippen LogP contribution in [0.1, 0.15) is 20.8 Å². The molecule has 0 aromatic carbocycles. The molecule has 3 heteroatoms. The number of aliphatic carboxylic acids is 1. The number of hydrogen-bond acceptors (Lipinski definition) is 1. The van der Waals surface area contributed by atoms with Crippen LogP contribution in [0, 0.1) is 45.8 Å². The van der Waals surface area contributed by atoms with Gasteiger partial charge in [-0.2, -0.15) is 0 Å². The molecule has 0 saturated heterocycles. The van der Waals surface area contributed by atoms with Gasteiger partial charge in [-0.05, 0) is 20.8 Å². The van der Waals surface area contributed by atoms with Gasteiger partial charge in [-0.25, -0.2) is 0 Å². The normalized spacial score (nSPS) is 9.88. The molecule has 0 spiro atoms. The first-order chi connectivity index (χ1) is 2.94. The van der Waals surface area contributed by atoms with Crippen LogP contribution in [0.15, 0.2) is 0 Å². The molecule has 0 fully saturated rings. The largest absolute Gasteiger partial charge is 0.481 e. The molecule has 0 aliphatic heterocycles. The third-order valence-electron chi connectivity index (χ3n) is 0.642. The second kappa shape index (κ2) is 3.76. The first-order valence-electron chi connectivity index (χ1n) is 2.18. The number of rotatable bonds is 0. The number of hydrogen-bond donors (Lipinski definition) is 1. The van der Waals surface area contributed by atoms with E-state index in [2.05, 4.69) is 0 Å². The Morgan fingerprint density at radius 3 is 1.50 bits per heavy atom. The van der Waals surface area contributed by atoms with Gasteiger partial charge in [0, 0.05) is 40.4 Å². The van der Waals surface area contributed by atoms with Gasteiger partial charge >= 0.3 is 5.97 Å². The van der Waals surface area contributed by atoms with E-state index in [0.717, 1.165) is 0 Å². The van der Waals surface area contributed by atoms with E-state index in [0.29, 0.717) is 0 Å². The molecule has 48 valence electrons. The molecule has 0 radical (unpaired) electrons. The second-order valence-corrected chi connectivity index (χ2v) is 2.56. The molecule has 0 atom stereocenters. The molecule has 0 bridgehead atoms. The van der Waals surface area contributed by atoms with Gasteiger partial charge in [-0.3, -0.25) is 4.79 Å². The third-order valence-corrected chi connectivity index (χ3v) is 0.642. The Morgan fingerprint density at radius 2 is 1.50 bits per heavy atom. The smallest absolute Gasteiger partial charge is 0.308 e. The summed E-state index contributed by atoms with van der Waals surface area (Å²) in [7, 11) is 0. The molecule has 0 rings (SSSR count). The number of carboxylic acids is 1. The zero-order chi connectivity index (χ0) is 6.08. The average Bonchev–Trinajstić information content (AvgIpc) is 1.31. The summed E-state index contributed by atoms with van der Waals surface area (Å²) in [5.74, 6) is -0.757. The molecule has 0 aliphatic rings. The van der Waals surface area contributed by atoms with Crippen LogP contribution in [-0.4, -0.2) is 11.1 Å². The standard InChI is InChI=1S/C5H10O2.Sm/c1-5(2,3)4(6)7;/h1-3H3,(H,6,7);. The van der Waals surface area contributed by atoms with E-state index in [-0.39, 0.29) is 40.4 Å². The van der Waals surface area contributed by atoms with Gasteiger partial charge in [0.25, 0.3) is 0 Å². The fourth-order valence-electron chi connectivity index (χ4n) is 0. The van der Waals surface area contributed by atoms with Crippen molar-refractivity contribution >= 4 is 5.97 Å². The van der Waals surface area contributed by atoms with E-state index in [1.807, 2.05) is 0 Å². The van der Waals surface area contributed by atoms with Crippen molar-refractivity contribution in [3.63, 3.8) is 0 Å². The second-order valence-electron chi connectivity index (χ2n) is 2.56. The SMILES string of the molecule is CC(C)(C)C(=O)O.[Sm]. The van der Waals surface area contributed by atoms with Crippen molar-refractivity contribution in [3.8, 4) is 0 Å². The summed E-state index contributed by atoms with van der Waals surface area (Å²) in [5.41, 5.74) is -0.583. The molecule has 0 aromatic rings. The van der Waals surface area contributed by atoms with Crippen LogP contribution in [0.4, 0.5) is 0 Å². The van der Waals surface area contributed by atoms with Crippen molar-refractivity contribution in [1.29, 1.82) is 0 Å². The van der Waals surface area contributed by atoms with E-state index < -0.39 is 11.4 Å². The van der Waals surface area contributed by atoms with E-state index in [1.165, 1.54) is 0 Å². The van der Waals surface area contributed by atoms with Gasteiger partial charge in [0.2, 0.25) is 0 Å². The fraction of sp³-hybridized carbons (Fsp3) is 0.800. The first-order valence-corrected chi connectivity index (χ1v) is 2.18. The Kier molecular flexibility index (Phi) is 5.45. The van der Waals surface area contributed by atoms with Crippen molar-refractivity contribution in [2.24, 2.45) is 5.41 Å². The van der Waals surface area contributed by atoms with Gasteiger partial charge in [0.05, 0.1) is 5.41 Å². The molecule has 0 unspecified atom stereocenters. The summed E-state index contributed by atoms with van der Waals surface area (Å²) in [6.07, 6.45) is 0. The Balaban J connectivity index is 0. The maximum absolute atomic E-state index is 10.0. The van der Waals surface area contributed by atoms with Crippen molar-refractivity contribution in [2.75, 3.05) is 0 Å². The molecule has 0 aromatic heterocycles. The van der Waals surface area contributed by atoms with Crippen LogP contribution in [0.3, 0.4) is 0 Å². The molecular formula is C5H10O2Sm. The molecule has 2 nitrogen and oxygen atoms in total. The van der Waals surface area contributed by atoms with Crippen LogP contribution in [0.2, 0.25) is 0 Å². The summed E-state index contributed by atoms with van der Waals surface area (Å²) in [6.45, 7) is 4.99. The summed E-state index contributed by atoms with van der Waals surface area (Å²) >= 11 is 0. The van der Waals surface area contributed by atoms with E-state index in [9.17, 15) is 4.79 Å². The Labute approximate surface area is 81.8 Å². The van der Waals surface area contributed by atoms with Crippen LogP contribution >= 0.6 is 0 Å². The maximum atomic E-state index is 10.0. The van der Waals surface area contributed by atoms with Gasteiger partial charge in [-0.1, -0.05) is 0 Å². The molecular weight excluding hydrogens is 242 g/mol. The molecule has 0 heterocycles. The van der Waals surface area contributed by atoms with Crippen LogP contribution in [-0.2, 0) is 4.79 Å². The average molecular weight is 252 g/mol. The van der Waals surface area contributed by atoms with E-state index >= 15 is 0 Å². The topological polar surface area (TPSA) is 37.3 Å². The van der Waals surface area contributed by atoms with Crippen LogP contribution in [0.5, 0.6) is 0 Å². The van der Waals surface area contributed by atoms with Gasteiger partial charge in [-0.15, -0.1) is 0 Å². The fourth-order valence-corrected chi connectivity index (χ4v) is 0. The minimum atomic E-state index is -0.757. The van der Waals surface area contributed by atoms with Crippen molar-refractivity contribution < 1.29 is 50.3 Å². The molecule has 0 aliphatic carbocycles. The molecule has 0 saturated carbocycles. The minimum absolute atomic E-state index is 0. The molecule has 8 heavy (non-hydrogen) atoms. The third kappa shape index (κ3) is 4.95. The first kappa shape index (κ1) is 11.6. The van der Waals surface area contributed by atoms with Crippen molar-refractivity contribution in [2.45, 2.75) is 20.8 Å².